The van der Waals surface area contributed by atoms with Crippen LogP contribution in [0, 0.1) is 5.82 Å². The van der Waals surface area contributed by atoms with Gasteiger partial charge in [-0.15, -0.1) is 0 Å². The Labute approximate surface area is 166 Å². The molecule has 3 aromatic rings. The van der Waals surface area contributed by atoms with E-state index in [1.807, 2.05) is 0 Å². The highest BCUT2D eigenvalue weighted by molar-refractivity contribution is 5.92. The monoisotopic (exact) mass is 401 g/mol. The number of rotatable bonds is 8. The number of hydrogen-bond acceptors (Lipinski definition) is 6. The number of halogens is 2. The Morgan fingerprint density at radius 1 is 1.31 bits per heavy atom. The van der Waals surface area contributed by atoms with E-state index in [2.05, 4.69) is 25.4 Å². The van der Waals surface area contributed by atoms with E-state index < -0.39 is 23.3 Å². The summed E-state index contributed by atoms with van der Waals surface area (Å²) in [6.07, 6.45) is 6.24. The van der Waals surface area contributed by atoms with Crippen molar-refractivity contribution in [2.24, 2.45) is 5.73 Å². The molecule has 3 heterocycles. The Balaban J connectivity index is 1.76. The Morgan fingerprint density at radius 3 is 2.62 bits per heavy atom. The summed E-state index contributed by atoms with van der Waals surface area (Å²) in [5.41, 5.74) is 5.28. The van der Waals surface area contributed by atoms with Crippen molar-refractivity contribution >= 4 is 11.9 Å². The summed E-state index contributed by atoms with van der Waals surface area (Å²) in [6.45, 7) is 3.35. The van der Waals surface area contributed by atoms with Crippen molar-refractivity contribution in [1.29, 1.82) is 0 Å². The van der Waals surface area contributed by atoms with Crippen LogP contribution in [0.15, 0.2) is 43.1 Å². The first-order chi connectivity index (χ1) is 13.8. The molecule has 0 unspecified atom stereocenters. The molecule has 8 nitrogen and oxygen atoms in total. The lowest BCUT2D eigenvalue weighted by Crippen LogP contribution is -2.36. The molecule has 0 radical (unpaired) electrons. The van der Waals surface area contributed by atoms with Gasteiger partial charge in [-0.25, -0.2) is 23.4 Å². The summed E-state index contributed by atoms with van der Waals surface area (Å²) in [4.78, 5) is 23.7. The van der Waals surface area contributed by atoms with Crippen molar-refractivity contribution in [3.63, 3.8) is 0 Å². The third-order valence-corrected chi connectivity index (χ3v) is 4.47. The Hall–Kier alpha value is -3.43. The lowest BCUT2D eigenvalue weighted by Gasteiger charge is -2.30. The van der Waals surface area contributed by atoms with Gasteiger partial charge in [0, 0.05) is 24.4 Å². The minimum absolute atomic E-state index is 0.0786. The molecule has 3 rings (SSSR count). The van der Waals surface area contributed by atoms with Crippen LogP contribution in [0.25, 0.3) is 5.69 Å². The average molecular weight is 401 g/mol. The molecule has 2 atom stereocenters. The Morgan fingerprint density at radius 2 is 2.03 bits per heavy atom. The SMILES string of the molecule is C[C@@H](F)C[C@](C)(CNc1ncc(-n2cc(C(N)=O)cn2)cn1)c1ncccc1F. The molecule has 0 saturated heterocycles. The number of carbonyl (C=O) groups excluding carboxylic acids is 1. The normalized spacial score (nSPS) is 14.2. The third kappa shape index (κ3) is 4.71. The number of primary amides is 1. The number of amides is 1. The second-order valence-electron chi connectivity index (χ2n) is 7.04. The van der Waals surface area contributed by atoms with Crippen molar-refractivity contribution in [3.8, 4) is 5.69 Å². The fourth-order valence-electron chi connectivity index (χ4n) is 3.10. The summed E-state index contributed by atoms with van der Waals surface area (Å²) >= 11 is 0. The van der Waals surface area contributed by atoms with E-state index in [0.29, 0.717) is 5.69 Å². The number of aromatic nitrogens is 5. The number of pyridine rings is 1. The summed E-state index contributed by atoms with van der Waals surface area (Å²) in [5, 5.41) is 7.05. The Kier molecular flexibility index (Phi) is 5.81. The number of nitrogens with zero attached hydrogens (tertiary/aromatic N) is 5. The van der Waals surface area contributed by atoms with E-state index >= 15 is 0 Å². The minimum Gasteiger partial charge on any atom is -0.366 e. The van der Waals surface area contributed by atoms with Gasteiger partial charge in [-0.2, -0.15) is 5.10 Å². The lowest BCUT2D eigenvalue weighted by atomic mass is 9.81. The standard InChI is InChI=1S/C19H21F2N7O/c1-12(20)6-19(2,16-15(21)4-3-5-23-16)11-26-18-24-8-14(9-25-18)28-10-13(7-27-28)17(22)29/h3-5,7-10,12H,6,11H2,1-2H3,(H2,22,29)(H,24,25,26)/t12-,19-/m1/s1. The quantitative estimate of drug-likeness (QED) is 0.600. The zero-order valence-electron chi connectivity index (χ0n) is 16.0. The number of anilines is 1. The number of nitrogens with two attached hydrogens (primary N) is 1. The van der Waals surface area contributed by atoms with E-state index in [9.17, 15) is 13.6 Å². The third-order valence-electron chi connectivity index (χ3n) is 4.47. The zero-order valence-corrected chi connectivity index (χ0v) is 16.0. The van der Waals surface area contributed by atoms with Crippen molar-refractivity contribution in [2.45, 2.75) is 31.9 Å². The van der Waals surface area contributed by atoms with Crippen LogP contribution in [0.4, 0.5) is 14.7 Å². The predicted molar refractivity (Wildman–Crippen MR) is 103 cm³/mol. The van der Waals surface area contributed by atoms with Gasteiger partial charge in [0.15, 0.2) is 0 Å². The average Bonchev–Trinajstić information content (AvgIpc) is 3.17. The van der Waals surface area contributed by atoms with Crippen LogP contribution in [-0.4, -0.2) is 43.4 Å². The zero-order chi connectivity index (χ0) is 21.0. The van der Waals surface area contributed by atoms with Gasteiger partial charge in [-0.3, -0.25) is 9.78 Å². The number of carbonyl (C=O) groups is 1. The van der Waals surface area contributed by atoms with Gasteiger partial charge >= 0.3 is 0 Å². The first-order valence-corrected chi connectivity index (χ1v) is 8.94. The predicted octanol–water partition coefficient (Wildman–Crippen LogP) is 2.41. The van der Waals surface area contributed by atoms with Crippen LogP contribution in [0.3, 0.4) is 0 Å². The molecule has 0 bridgehead atoms. The number of alkyl halides is 1. The van der Waals surface area contributed by atoms with Gasteiger partial charge in [-0.1, -0.05) is 6.92 Å². The topological polar surface area (TPSA) is 112 Å². The Bertz CT molecular complexity index is 990. The second kappa shape index (κ2) is 8.29. The van der Waals surface area contributed by atoms with Crippen LogP contribution in [0.2, 0.25) is 0 Å². The van der Waals surface area contributed by atoms with Gasteiger partial charge in [-0.05, 0) is 25.5 Å². The molecule has 0 aliphatic carbocycles. The van der Waals surface area contributed by atoms with E-state index in [0.717, 1.165) is 0 Å². The van der Waals surface area contributed by atoms with E-state index in [4.69, 9.17) is 5.73 Å². The molecular weight excluding hydrogens is 380 g/mol. The van der Waals surface area contributed by atoms with Crippen molar-refractivity contribution < 1.29 is 13.6 Å². The molecule has 0 spiro atoms. The first kappa shape index (κ1) is 20.3. The largest absolute Gasteiger partial charge is 0.366 e. The molecule has 0 aliphatic heterocycles. The fraction of sp³-hybridized carbons (Fsp3) is 0.316. The van der Waals surface area contributed by atoms with Gasteiger partial charge in [0.25, 0.3) is 5.91 Å². The minimum atomic E-state index is -1.15. The second-order valence-corrected chi connectivity index (χ2v) is 7.04. The fourth-order valence-corrected chi connectivity index (χ4v) is 3.10. The lowest BCUT2D eigenvalue weighted by molar-refractivity contribution is 0.1000. The summed E-state index contributed by atoms with van der Waals surface area (Å²) in [7, 11) is 0. The molecular formula is C19H21F2N7O. The maximum Gasteiger partial charge on any atom is 0.251 e. The molecule has 3 N–H and O–H groups in total. The highest BCUT2D eigenvalue weighted by Crippen LogP contribution is 2.30. The maximum absolute atomic E-state index is 14.3. The molecule has 3 aromatic heterocycles. The molecule has 29 heavy (non-hydrogen) atoms. The van der Waals surface area contributed by atoms with Gasteiger partial charge in [0.05, 0.1) is 36.0 Å². The van der Waals surface area contributed by atoms with Crippen LogP contribution in [-0.2, 0) is 5.41 Å². The molecule has 0 saturated carbocycles. The van der Waals surface area contributed by atoms with Crippen molar-refractivity contribution in [1.82, 2.24) is 24.7 Å². The van der Waals surface area contributed by atoms with E-state index in [1.165, 1.54) is 54.7 Å². The molecule has 10 heteroatoms. The summed E-state index contributed by atoms with van der Waals surface area (Å²) < 4.78 is 29.5. The van der Waals surface area contributed by atoms with E-state index in [-0.39, 0.29) is 30.2 Å². The van der Waals surface area contributed by atoms with Crippen LogP contribution in [0.1, 0.15) is 36.3 Å². The molecule has 152 valence electrons. The molecule has 0 aromatic carbocycles. The maximum atomic E-state index is 14.3. The van der Waals surface area contributed by atoms with Crippen molar-refractivity contribution in [3.05, 3.63) is 60.2 Å². The van der Waals surface area contributed by atoms with E-state index in [1.54, 1.807) is 6.92 Å². The summed E-state index contributed by atoms with van der Waals surface area (Å²) in [5.74, 6) is -0.790. The summed E-state index contributed by atoms with van der Waals surface area (Å²) in [6, 6.07) is 2.80. The number of hydrogen-bond donors (Lipinski definition) is 2. The first-order valence-electron chi connectivity index (χ1n) is 8.94. The van der Waals surface area contributed by atoms with Crippen LogP contribution < -0.4 is 11.1 Å². The highest BCUT2D eigenvalue weighted by Gasteiger charge is 2.33. The molecule has 1 amide bonds. The van der Waals surface area contributed by atoms with Gasteiger partial charge in [0.2, 0.25) is 5.95 Å². The van der Waals surface area contributed by atoms with Crippen LogP contribution in [0.5, 0.6) is 0 Å². The van der Waals surface area contributed by atoms with Gasteiger partial charge < -0.3 is 11.1 Å². The van der Waals surface area contributed by atoms with Crippen LogP contribution >= 0.6 is 0 Å². The van der Waals surface area contributed by atoms with Crippen molar-refractivity contribution in [2.75, 3.05) is 11.9 Å². The highest BCUT2D eigenvalue weighted by atomic mass is 19.1. The molecule has 0 aliphatic rings. The van der Waals surface area contributed by atoms with Gasteiger partial charge in [0.1, 0.15) is 11.5 Å². The molecule has 0 fully saturated rings. The number of nitrogens with one attached hydrogen (secondary N) is 1. The smallest absolute Gasteiger partial charge is 0.251 e.